The van der Waals surface area contributed by atoms with Gasteiger partial charge in [0.15, 0.2) is 0 Å². The van der Waals surface area contributed by atoms with Crippen molar-refractivity contribution in [3.63, 3.8) is 0 Å². The van der Waals surface area contributed by atoms with Gasteiger partial charge >= 0.3 is 0 Å². The Bertz CT molecular complexity index is 1500. The van der Waals surface area contributed by atoms with Gasteiger partial charge in [0.05, 0.1) is 11.2 Å². The third-order valence-electron chi connectivity index (χ3n) is 5.62. The summed E-state index contributed by atoms with van der Waals surface area (Å²) in [6.07, 6.45) is 0. The van der Waals surface area contributed by atoms with E-state index in [-0.39, 0.29) is 0 Å². The summed E-state index contributed by atoms with van der Waals surface area (Å²) in [6.45, 7) is 0. The lowest BCUT2D eigenvalue weighted by Crippen LogP contribution is -1.92. The number of benzene rings is 5. The highest BCUT2D eigenvalue weighted by Gasteiger charge is 2.16. The number of pyridine rings is 1. The second-order valence-electron chi connectivity index (χ2n) is 7.18. The molecule has 1 nitrogen and oxygen atoms in total. The lowest BCUT2D eigenvalue weighted by Gasteiger charge is -2.16. The van der Waals surface area contributed by atoms with Crippen LogP contribution in [-0.2, 0) is 0 Å². The van der Waals surface area contributed by atoms with E-state index in [9.17, 15) is 0 Å². The Hall–Kier alpha value is -3.71. The predicted molar refractivity (Wildman–Crippen MR) is 120 cm³/mol. The molecule has 0 radical (unpaired) electrons. The first-order valence-electron chi connectivity index (χ1n) is 9.59. The molecule has 0 saturated heterocycles. The van der Waals surface area contributed by atoms with Crippen LogP contribution in [0.4, 0.5) is 0 Å². The van der Waals surface area contributed by atoms with E-state index in [1.807, 2.05) is 0 Å². The van der Waals surface area contributed by atoms with E-state index < -0.39 is 0 Å². The maximum atomic E-state index is 5.13. The van der Waals surface area contributed by atoms with E-state index in [0.29, 0.717) is 0 Å². The third-order valence-corrected chi connectivity index (χ3v) is 5.62. The van der Waals surface area contributed by atoms with E-state index in [1.165, 1.54) is 37.7 Å². The molecule has 1 heteroatoms. The van der Waals surface area contributed by atoms with Gasteiger partial charge in [0.1, 0.15) is 0 Å². The van der Waals surface area contributed by atoms with Crippen molar-refractivity contribution in [2.75, 3.05) is 0 Å². The molecule has 1 aromatic heterocycles. The minimum Gasteiger partial charge on any atom is -0.247 e. The highest BCUT2D eigenvalue weighted by molar-refractivity contribution is 6.33. The average molecular weight is 355 g/mol. The van der Waals surface area contributed by atoms with Gasteiger partial charge in [0.2, 0.25) is 0 Å². The van der Waals surface area contributed by atoms with Crippen molar-refractivity contribution in [3.05, 3.63) is 103 Å². The van der Waals surface area contributed by atoms with Crippen LogP contribution in [0, 0.1) is 0 Å². The summed E-state index contributed by atoms with van der Waals surface area (Å²) in [7, 11) is 0. The molecule has 1 heterocycles. The molecule has 0 aliphatic heterocycles. The van der Waals surface area contributed by atoms with Crippen LogP contribution in [0.5, 0.6) is 0 Å². The van der Waals surface area contributed by atoms with E-state index >= 15 is 0 Å². The Morgan fingerprint density at radius 1 is 0.393 bits per heavy atom. The van der Waals surface area contributed by atoms with Crippen LogP contribution in [0.25, 0.3) is 54.5 Å². The summed E-state index contributed by atoms with van der Waals surface area (Å²) in [4.78, 5) is 5.13. The molecule has 0 aliphatic carbocycles. The molecule has 0 N–H and O–H groups in total. The maximum absolute atomic E-state index is 5.13. The first kappa shape index (κ1) is 15.4. The molecular weight excluding hydrogens is 338 g/mol. The molecule has 0 atom stereocenters. The van der Waals surface area contributed by atoms with Gasteiger partial charge in [-0.25, -0.2) is 4.98 Å². The lowest BCUT2D eigenvalue weighted by molar-refractivity contribution is 1.43. The van der Waals surface area contributed by atoms with E-state index in [4.69, 9.17) is 4.98 Å². The molecule has 6 rings (SSSR count). The molecule has 0 amide bonds. The molecule has 0 spiro atoms. The molecule has 130 valence electrons. The van der Waals surface area contributed by atoms with Crippen LogP contribution in [-0.4, -0.2) is 4.98 Å². The number of rotatable bonds is 1. The van der Waals surface area contributed by atoms with E-state index in [0.717, 1.165) is 16.8 Å². The zero-order chi connectivity index (χ0) is 18.5. The monoisotopic (exact) mass is 355 g/mol. The molecule has 6 aromatic rings. The van der Waals surface area contributed by atoms with Crippen molar-refractivity contribution < 1.29 is 0 Å². The topological polar surface area (TPSA) is 12.9 Å². The van der Waals surface area contributed by atoms with E-state index in [2.05, 4.69) is 103 Å². The fourth-order valence-corrected chi connectivity index (χ4v) is 4.43. The summed E-state index contributed by atoms with van der Waals surface area (Å²) in [5.41, 5.74) is 3.24. The summed E-state index contributed by atoms with van der Waals surface area (Å²) in [5, 5.41) is 8.85. The molecule has 0 bridgehead atoms. The number of para-hydroxylation sites is 1. The zero-order valence-electron chi connectivity index (χ0n) is 15.3. The largest absolute Gasteiger partial charge is 0.247 e. The lowest BCUT2D eigenvalue weighted by atomic mass is 9.90. The Kier molecular flexibility index (Phi) is 3.24. The number of nitrogens with zero attached hydrogens (tertiary/aromatic N) is 1. The van der Waals surface area contributed by atoms with Gasteiger partial charge in [-0.1, -0.05) is 97.1 Å². The molecule has 5 aromatic carbocycles. The van der Waals surface area contributed by atoms with Crippen LogP contribution in [0.3, 0.4) is 0 Å². The zero-order valence-corrected chi connectivity index (χ0v) is 15.3. The minimum atomic E-state index is 1.04. The highest BCUT2D eigenvalue weighted by Crippen LogP contribution is 2.42. The van der Waals surface area contributed by atoms with Gasteiger partial charge < -0.3 is 0 Å². The first-order valence-corrected chi connectivity index (χ1v) is 9.59. The minimum absolute atomic E-state index is 1.04. The van der Waals surface area contributed by atoms with Crippen LogP contribution in [0.15, 0.2) is 103 Å². The van der Waals surface area contributed by atoms with Crippen molar-refractivity contribution in [2.24, 2.45) is 0 Å². The number of hydrogen-bond acceptors (Lipinski definition) is 1. The molecule has 0 aliphatic rings. The van der Waals surface area contributed by atoms with Gasteiger partial charge in [-0.3, -0.25) is 0 Å². The molecule has 0 saturated carbocycles. The molecule has 0 unspecified atom stereocenters. The molecule has 28 heavy (non-hydrogen) atoms. The van der Waals surface area contributed by atoms with Crippen LogP contribution >= 0.6 is 0 Å². The maximum Gasteiger partial charge on any atom is 0.0794 e. The number of hydrogen-bond donors (Lipinski definition) is 0. The van der Waals surface area contributed by atoms with Crippen LogP contribution in [0.2, 0.25) is 0 Å². The van der Waals surface area contributed by atoms with Gasteiger partial charge in [-0.15, -0.1) is 0 Å². The van der Waals surface area contributed by atoms with Crippen molar-refractivity contribution in [3.8, 4) is 11.3 Å². The number of aromatic nitrogens is 1. The van der Waals surface area contributed by atoms with E-state index in [1.54, 1.807) is 0 Å². The summed E-state index contributed by atoms with van der Waals surface area (Å²) in [6, 6.07) is 36.5. The number of fused-ring (bicyclic) bond motifs is 8. The van der Waals surface area contributed by atoms with Crippen molar-refractivity contribution in [1.29, 1.82) is 0 Å². The predicted octanol–water partition coefficient (Wildman–Crippen LogP) is 7.36. The van der Waals surface area contributed by atoms with Gasteiger partial charge in [0.25, 0.3) is 0 Å². The van der Waals surface area contributed by atoms with Gasteiger partial charge in [-0.05, 0) is 27.6 Å². The standard InChI is InChI=1S/C27H17N/c1-2-10-18(11-3-1)27-26-22-15-7-5-13-20(22)19-12-4-6-14-21(19)25(26)23-16-8-9-17-24(23)28-27/h1-17H. The normalized spacial score (nSPS) is 11.6. The second kappa shape index (κ2) is 5.90. The summed E-state index contributed by atoms with van der Waals surface area (Å²) < 4.78 is 0. The third kappa shape index (κ3) is 2.10. The first-order chi connectivity index (χ1) is 13.9. The second-order valence-corrected chi connectivity index (χ2v) is 7.18. The van der Waals surface area contributed by atoms with Crippen LogP contribution in [0.1, 0.15) is 0 Å². The summed E-state index contributed by atoms with van der Waals surface area (Å²) in [5.74, 6) is 0. The molecule has 0 fully saturated rings. The Morgan fingerprint density at radius 3 is 1.57 bits per heavy atom. The fourth-order valence-electron chi connectivity index (χ4n) is 4.43. The summed E-state index contributed by atoms with van der Waals surface area (Å²) >= 11 is 0. The van der Waals surface area contributed by atoms with Gasteiger partial charge in [0, 0.05) is 21.7 Å². The highest BCUT2D eigenvalue weighted by atomic mass is 14.7. The van der Waals surface area contributed by atoms with Gasteiger partial charge in [-0.2, -0.15) is 0 Å². The van der Waals surface area contributed by atoms with Crippen molar-refractivity contribution in [2.45, 2.75) is 0 Å². The van der Waals surface area contributed by atoms with Crippen LogP contribution < -0.4 is 0 Å². The Labute approximate surface area is 162 Å². The Morgan fingerprint density at radius 2 is 0.893 bits per heavy atom. The van der Waals surface area contributed by atoms with Crippen molar-refractivity contribution in [1.82, 2.24) is 4.98 Å². The smallest absolute Gasteiger partial charge is 0.0794 e. The SMILES string of the molecule is c1ccc(-c2nc3ccccc3c3c4ccccc4c4ccccc4c23)cc1. The molecular formula is C27H17N. The Balaban J connectivity index is 2.01. The fraction of sp³-hybridized carbons (Fsp3) is 0. The quantitative estimate of drug-likeness (QED) is 0.281. The average Bonchev–Trinajstić information content (AvgIpc) is 2.79. The van der Waals surface area contributed by atoms with Crippen molar-refractivity contribution >= 4 is 43.2 Å².